The van der Waals surface area contributed by atoms with Gasteiger partial charge in [-0.25, -0.2) is 9.40 Å². The Morgan fingerprint density at radius 1 is 0.778 bits per heavy atom. The van der Waals surface area contributed by atoms with Crippen LogP contribution >= 0.6 is 35.2 Å². The van der Waals surface area contributed by atoms with Crippen molar-refractivity contribution in [2.45, 2.75) is 0 Å². The van der Waals surface area contributed by atoms with E-state index in [1.54, 1.807) is 36.4 Å². The van der Waals surface area contributed by atoms with E-state index < -0.39 is 0 Å². The second kappa shape index (κ2) is 5.76. The molecule has 0 heterocycles. The average Bonchev–Trinajstić information content (AvgIpc) is 2.34. The highest BCUT2D eigenvalue weighted by atomic mass is 35.5. The van der Waals surface area contributed by atoms with Gasteiger partial charge in [-0.1, -0.05) is 11.6 Å². The number of halogens is 4. The number of hydrogen-bond donors (Lipinski definition) is 0. The van der Waals surface area contributed by atoms with Crippen molar-refractivity contribution in [1.29, 1.82) is 0 Å². The molecule has 0 saturated heterocycles. The van der Waals surface area contributed by atoms with Gasteiger partial charge >= 0.3 is 0 Å². The molecule has 0 fully saturated rings. The van der Waals surface area contributed by atoms with Crippen LogP contribution in [-0.2, 0) is 0 Å². The van der Waals surface area contributed by atoms with Gasteiger partial charge in [-0.05, 0) is 52.6 Å². The third-order valence-corrected chi connectivity index (χ3v) is 2.85. The van der Waals surface area contributed by atoms with Crippen LogP contribution in [0.4, 0.5) is 15.8 Å². The molecule has 0 aliphatic heterocycles. The summed E-state index contributed by atoms with van der Waals surface area (Å²) in [6.45, 7) is 0. The molecule has 18 heavy (non-hydrogen) atoms. The van der Waals surface area contributed by atoms with Crippen LogP contribution in [0.1, 0.15) is 0 Å². The number of rotatable bonds is 3. The zero-order valence-electron chi connectivity index (χ0n) is 9.03. The predicted molar refractivity (Wildman–Crippen MR) is 73.5 cm³/mol. The summed E-state index contributed by atoms with van der Waals surface area (Å²) >= 11 is 17.4. The van der Waals surface area contributed by atoms with E-state index in [1.165, 1.54) is 17.1 Å². The molecule has 2 nitrogen and oxygen atoms in total. The average molecular weight is 306 g/mol. The molecule has 6 heteroatoms. The molecule has 2 aromatic carbocycles. The Hall–Kier alpha value is -1.000. The summed E-state index contributed by atoms with van der Waals surface area (Å²) in [6.07, 6.45) is 0. The van der Waals surface area contributed by atoms with Gasteiger partial charge in [0.2, 0.25) is 0 Å². The quantitative estimate of drug-likeness (QED) is 0.572. The molecule has 0 N–H and O–H groups in total. The van der Waals surface area contributed by atoms with Crippen LogP contribution in [0.5, 0.6) is 0 Å². The van der Waals surface area contributed by atoms with Crippen molar-refractivity contribution < 1.29 is 4.39 Å². The van der Waals surface area contributed by atoms with Crippen LogP contribution < -0.4 is 5.01 Å². The van der Waals surface area contributed by atoms with Gasteiger partial charge in [0.05, 0.1) is 11.4 Å². The minimum Gasteiger partial charge on any atom is -0.246 e. The van der Waals surface area contributed by atoms with E-state index in [4.69, 9.17) is 35.2 Å². The predicted octanol–water partition coefficient (Wildman–Crippen LogP) is 5.14. The Morgan fingerprint density at radius 2 is 1.22 bits per heavy atom. The normalized spacial score (nSPS) is 10.7. The van der Waals surface area contributed by atoms with Gasteiger partial charge in [-0.3, -0.25) is 0 Å². The van der Waals surface area contributed by atoms with Crippen molar-refractivity contribution in [3.8, 4) is 0 Å². The van der Waals surface area contributed by atoms with Crippen LogP contribution in [-0.4, -0.2) is 4.05 Å². The minimum atomic E-state index is -0.328. The molecule has 0 bridgehead atoms. The van der Waals surface area contributed by atoms with Crippen LogP contribution in [0, 0.1) is 5.82 Å². The fraction of sp³-hybridized carbons (Fsp3) is 0. The monoisotopic (exact) mass is 304 g/mol. The summed E-state index contributed by atoms with van der Waals surface area (Å²) < 4.78 is 13.8. The zero-order chi connectivity index (χ0) is 13.1. The second-order valence-corrected chi connectivity index (χ2v) is 4.73. The summed E-state index contributed by atoms with van der Waals surface area (Å²) in [7, 11) is 0. The SMILES string of the molecule is Fc1ccc(N(c2ccc(Cl)cc2)N(Cl)Cl)cc1. The molecule has 2 rings (SSSR count). The van der Waals surface area contributed by atoms with Gasteiger partial charge in [0, 0.05) is 28.6 Å². The molecule has 2 aromatic rings. The first kappa shape index (κ1) is 13.4. The highest BCUT2D eigenvalue weighted by Crippen LogP contribution is 2.30. The zero-order valence-corrected chi connectivity index (χ0v) is 11.3. The lowest BCUT2D eigenvalue weighted by Gasteiger charge is -2.26. The van der Waals surface area contributed by atoms with E-state index in [2.05, 4.69) is 0 Å². The van der Waals surface area contributed by atoms with Crippen LogP contribution in [0.25, 0.3) is 0 Å². The molecule has 0 aliphatic rings. The lowest BCUT2D eigenvalue weighted by Crippen LogP contribution is -2.24. The molecular formula is C12H8Cl3FN2. The summed E-state index contributed by atoms with van der Waals surface area (Å²) in [5.74, 6) is -0.328. The van der Waals surface area contributed by atoms with Crippen molar-refractivity contribution in [3.05, 3.63) is 59.4 Å². The van der Waals surface area contributed by atoms with E-state index in [-0.39, 0.29) is 5.82 Å². The van der Waals surface area contributed by atoms with Gasteiger partial charge in [0.25, 0.3) is 0 Å². The van der Waals surface area contributed by atoms with Crippen LogP contribution in [0.2, 0.25) is 5.02 Å². The van der Waals surface area contributed by atoms with E-state index in [9.17, 15) is 4.39 Å². The molecule has 0 atom stereocenters. The standard InChI is InChI=1S/C12H8Cl3FN2/c13-9-1-5-11(6-2-9)17(18(14)15)12-7-3-10(16)4-8-12/h1-8H. The highest BCUT2D eigenvalue weighted by Gasteiger charge is 2.15. The maximum Gasteiger partial charge on any atom is 0.123 e. The smallest absolute Gasteiger partial charge is 0.123 e. The number of nitrogens with zero attached hydrogens (tertiary/aromatic N) is 2. The van der Waals surface area contributed by atoms with E-state index in [0.717, 1.165) is 4.05 Å². The first-order valence-electron chi connectivity index (χ1n) is 5.01. The lowest BCUT2D eigenvalue weighted by atomic mass is 10.2. The largest absolute Gasteiger partial charge is 0.246 e. The number of hydrazine groups is 1. The highest BCUT2D eigenvalue weighted by molar-refractivity contribution is 6.35. The minimum absolute atomic E-state index is 0.328. The number of benzene rings is 2. The molecule has 0 unspecified atom stereocenters. The van der Waals surface area contributed by atoms with Gasteiger partial charge in [0.1, 0.15) is 5.82 Å². The topological polar surface area (TPSA) is 6.48 Å². The third kappa shape index (κ3) is 3.06. The number of hydrogen-bond acceptors (Lipinski definition) is 2. The molecule has 0 radical (unpaired) electrons. The molecule has 0 aromatic heterocycles. The van der Waals surface area contributed by atoms with E-state index in [1.807, 2.05) is 0 Å². The first-order chi connectivity index (χ1) is 8.58. The van der Waals surface area contributed by atoms with Crippen LogP contribution in [0.15, 0.2) is 48.5 Å². The van der Waals surface area contributed by atoms with Crippen molar-refractivity contribution in [3.63, 3.8) is 0 Å². The lowest BCUT2D eigenvalue weighted by molar-refractivity contribution is 0.626. The third-order valence-electron chi connectivity index (χ3n) is 2.29. The Bertz CT molecular complexity index is 468. The van der Waals surface area contributed by atoms with Crippen LogP contribution in [0.3, 0.4) is 0 Å². The van der Waals surface area contributed by atoms with Gasteiger partial charge in [0.15, 0.2) is 0 Å². The van der Waals surface area contributed by atoms with Gasteiger partial charge < -0.3 is 0 Å². The summed E-state index contributed by atoms with van der Waals surface area (Å²) in [4.78, 5) is 0. The number of anilines is 2. The summed E-state index contributed by atoms with van der Waals surface area (Å²) in [5.41, 5.74) is 1.33. The van der Waals surface area contributed by atoms with Gasteiger partial charge in [-0.15, -0.1) is 0 Å². The Morgan fingerprint density at radius 3 is 1.67 bits per heavy atom. The Kier molecular flexibility index (Phi) is 4.30. The first-order valence-corrected chi connectivity index (χ1v) is 6.06. The van der Waals surface area contributed by atoms with Crippen molar-refractivity contribution in [2.75, 3.05) is 5.01 Å². The van der Waals surface area contributed by atoms with Gasteiger partial charge in [-0.2, -0.15) is 0 Å². The molecule has 0 saturated carbocycles. The fourth-order valence-corrected chi connectivity index (χ4v) is 1.96. The maximum absolute atomic E-state index is 12.9. The Labute approximate surface area is 119 Å². The maximum atomic E-state index is 12.9. The van der Waals surface area contributed by atoms with Crippen molar-refractivity contribution in [2.24, 2.45) is 0 Å². The molecule has 0 amide bonds. The summed E-state index contributed by atoms with van der Waals surface area (Å²) in [6, 6.07) is 12.7. The Balaban J connectivity index is 2.39. The molecule has 0 spiro atoms. The van der Waals surface area contributed by atoms with Crippen molar-refractivity contribution in [1.82, 2.24) is 4.05 Å². The molecule has 0 aliphatic carbocycles. The fourth-order valence-electron chi connectivity index (χ4n) is 1.49. The second-order valence-electron chi connectivity index (χ2n) is 3.48. The summed E-state index contributed by atoms with van der Waals surface area (Å²) in [5, 5.41) is 2.10. The van der Waals surface area contributed by atoms with E-state index in [0.29, 0.717) is 16.4 Å². The van der Waals surface area contributed by atoms with E-state index >= 15 is 0 Å². The van der Waals surface area contributed by atoms with Crippen molar-refractivity contribution >= 4 is 46.5 Å². The molecular weight excluding hydrogens is 298 g/mol. The molecule has 94 valence electrons.